The minimum Gasteiger partial charge on any atom is -0.394 e. The van der Waals surface area contributed by atoms with Crippen molar-refractivity contribution in [3.63, 3.8) is 0 Å². The summed E-state index contributed by atoms with van der Waals surface area (Å²) in [6.45, 7) is 6.24. The van der Waals surface area contributed by atoms with Crippen LogP contribution in [0.4, 0.5) is 17.2 Å². The van der Waals surface area contributed by atoms with Gasteiger partial charge in [-0.25, -0.2) is 0 Å². The predicted molar refractivity (Wildman–Crippen MR) is 83.9 cm³/mol. The van der Waals surface area contributed by atoms with Crippen LogP contribution < -0.4 is 11.1 Å². The Balaban J connectivity index is 2.35. The molecule has 102 valence electrons. The molecule has 0 aliphatic heterocycles. The van der Waals surface area contributed by atoms with E-state index in [0.717, 1.165) is 21.7 Å². The van der Waals surface area contributed by atoms with Crippen molar-refractivity contribution in [2.45, 2.75) is 26.7 Å². The normalized spacial score (nSPS) is 11.1. The van der Waals surface area contributed by atoms with Gasteiger partial charge in [-0.3, -0.25) is 4.68 Å². The zero-order valence-electron chi connectivity index (χ0n) is 11.7. The second kappa shape index (κ2) is 5.25. The Hall–Kier alpha value is -1.49. The van der Waals surface area contributed by atoms with Crippen LogP contribution in [0.3, 0.4) is 0 Å². The van der Waals surface area contributed by atoms with Crippen LogP contribution in [-0.4, -0.2) is 9.78 Å². The van der Waals surface area contributed by atoms with Crippen LogP contribution in [0.2, 0.25) is 0 Å². The molecule has 2 rings (SSSR count). The van der Waals surface area contributed by atoms with E-state index in [-0.39, 0.29) is 0 Å². The highest BCUT2D eigenvalue weighted by atomic mass is 79.9. The third-order valence-electron chi connectivity index (χ3n) is 3.09. The third kappa shape index (κ3) is 2.76. The average molecular weight is 323 g/mol. The fourth-order valence-electron chi connectivity index (χ4n) is 1.94. The molecule has 0 aliphatic rings. The second-order valence-electron chi connectivity index (χ2n) is 5.01. The summed E-state index contributed by atoms with van der Waals surface area (Å²) >= 11 is 3.53. The summed E-state index contributed by atoms with van der Waals surface area (Å²) < 4.78 is 2.86. The van der Waals surface area contributed by atoms with E-state index >= 15 is 0 Å². The summed E-state index contributed by atoms with van der Waals surface area (Å²) in [5.74, 6) is 1.14. The van der Waals surface area contributed by atoms with Crippen molar-refractivity contribution in [2.75, 3.05) is 11.1 Å². The smallest absolute Gasteiger partial charge is 0.152 e. The van der Waals surface area contributed by atoms with Gasteiger partial charge in [-0.15, -0.1) is 0 Å². The van der Waals surface area contributed by atoms with E-state index in [1.807, 2.05) is 19.2 Å². The lowest BCUT2D eigenvalue weighted by atomic mass is 10.1. The van der Waals surface area contributed by atoms with Gasteiger partial charge < -0.3 is 11.1 Å². The molecular weight excluding hydrogens is 304 g/mol. The predicted octanol–water partition coefficient (Wildman–Crippen LogP) is 3.94. The maximum absolute atomic E-state index is 6.16. The van der Waals surface area contributed by atoms with E-state index < -0.39 is 0 Å². The number of hydrogen-bond donors (Lipinski definition) is 2. The summed E-state index contributed by atoms with van der Waals surface area (Å²) in [7, 11) is 1.90. The van der Waals surface area contributed by atoms with Crippen LogP contribution in [0.5, 0.6) is 0 Å². The van der Waals surface area contributed by atoms with Crippen molar-refractivity contribution in [2.24, 2.45) is 7.05 Å². The molecule has 4 nitrogen and oxygen atoms in total. The molecule has 0 radical (unpaired) electrons. The topological polar surface area (TPSA) is 55.9 Å². The number of nitrogens with one attached hydrogen (secondary N) is 1. The standard InChI is InChI=1S/C14H19BrN4/c1-8(2)13-12(16)14(19(4)18-13)17-10-6-5-9(3)11(15)7-10/h5-8,17H,16H2,1-4H3. The third-order valence-corrected chi connectivity index (χ3v) is 3.95. The highest BCUT2D eigenvalue weighted by Crippen LogP contribution is 2.31. The first-order valence-electron chi connectivity index (χ1n) is 6.25. The molecule has 0 saturated heterocycles. The fourth-order valence-corrected chi connectivity index (χ4v) is 2.32. The summed E-state index contributed by atoms with van der Waals surface area (Å²) in [6.07, 6.45) is 0. The molecule has 0 bridgehead atoms. The van der Waals surface area contributed by atoms with E-state index in [2.05, 4.69) is 53.2 Å². The molecule has 2 aromatic rings. The first-order valence-corrected chi connectivity index (χ1v) is 7.05. The fraction of sp³-hybridized carbons (Fsp3) is 0.357. The van der Waals surface area contributed by atoms with Gasteiger partial charge in [0.15, 0.2) is 5.82 Å². The first kappa shape index (κ1) is 13.9. The molecule has 3 N–H and O–H groups in total. The van der Waals surface area contributed by atoms with Crippen LogP contribution in [-0.2, 0) is 7.05 Å². The van der Waals surface area contributed by atoms with Gasteiger partial charge in [0.25, 0.3) is 0 Å². The number of nitrogens with two attached hydrogens (primary N) is 1. The molecule has 0 spiro atoms. The monoisotopic (exact) mass is 322 g/mol. The molecule has 19 heavy (non-hydrogen) atoms. The molecule has 0 aliphatic carbocycles. The Bertz CT molecular complexity index is 602. The van der Waals surface area contributed by atoms with Crippen molar-refractivity contribution in [3.8, 4) is 0 Å². The first-order chi connectivity index (χ1) is 8.90. The van der Waals surface area contributed by atoms with Gasteiger partial charge in [0.2, 0.25) is 0 Å². The SMILES string of the molecule is Cc1ccc(Nc2c(N)c(C(C)C)nn2C)cc1Br. The lowest BCUT2D eigenvalue weighted by molar-refractivity contribution is 0.718. The molecule has 0 fully saturated rings. The van der Waals surface area contributed by atoms with E-state index in [1.165, 1.54) is 5.56 Å². The van der Waals surface area contributed by atoms with Crippen LogP contribution in [0.25, 0.3) is 0 Å². The lowest BCUT2D eigenvalue weighted by Gasteiger charge is -2.09. The number of aromatic nitrogens is 2. The number of hydrogen-bond acceptors (Lipinski definition) is 3. The lowest BCUT2D eigenvalue weighted by Crippen LogP contribution is -2.01. The van der Waals surface area contributed by atoms with Gasteiger partial charge >= 0.3 is 0 Å². The largest absolute Gasteiger partial charge is 0.394 e. The van der Waals surface area contributed by atoms with E-state index in [1.54, 1.807) is 4.68 Å². The van der Waals surface area contributed by atoms with E-state index in [0.29, 0.717) is 11.6 Å². The number of halogens is 1. The maximum atomic E-state index is 6.16. The van der Waals surface area contributed by atoms with Crippen molar-refractivity contribution in [3.05, 3.63) is 33.9 Å². The average Bonchev–Trinajstić information content (AvgIpc) is 2.62. The molecule has 5 heteroatoms. The van der Waals surface area contributed by atoms with Gasteiger partial charge in [0, 0.05) is 17.2 Å². The quantitative estimate of drug-likeness (QED) is 0.899. The molecule has 0 unspecified atom stereocenters. The molecule has 1 heterocycles. The zero-order chi connectivity index (χ0) is 14.2. The van der Waals surface area contributed by atoms with Crippen molar-refractivity contribution >= 4 is 33.1 Å². The Labute approximate surface area is 122 Å². The molecular formula is C14H19BrN4. The van der Waals surface area contributed by atoms with Crippen molar-refractivity contribution in [1.82, 2.24) is 9.78 Å². The van der Waals surface area contributed by atoms with Crippen molar-refractivity contribution in [1.29, 1.82) is 0 Å². The highest BCUT2D eigenvalue weighted by molar-refractivity contribution is 9.10. The number of anilines is 3. The Morgan fingerprint density at radius 3 is 2.58 bits per heavy atom. The van der Waals surface area contributed by atoms with Crippen LogP contribution in [0, 0.1) is 6.92 Å². The number of rotatable bonds is 3. The highest BCUT2D eigenvalue weighted by Gasteiger charge is 2.16. The Kier molecular flexibility index (Phi) is 3.85. The molecule has 0 atom stereocenters. The van der Waals surface area contributed by atoms with E-state index in [4.69, 9.17) is 5.73 Å². The number of aryl methyl sites for hydroxylation is 2. The van der Waals surface area contributed by atoms with Gasteiger partial charge in [-0.2, -0.15) is 5.10 Å². The van der Waals surface area contributed by atoms with E-state index in [9.17, 15) is 0 Å². The van der Waals surface area contributed by atoms with Crippen LogP contribution in [0.1, 0.15) is 31.0 Å². The molecule has 1 aromatic carbocycles. The number of benzene rings is 1. The zero-order valence-corrected chi connectivity index (χ0v) is 13.2. The maximum Gasteiger partial charge on any atom is 0.152 e. The van der Waals surface area contributed by atoms with Gasteiger partial charge in [0.1, 0.15) is 0 Å². The second-order valence-corrected chi connectivity index (χ2v) is 5.87. The van der Waals surface area contributed by atoms with Gasteiger partial charge in [-0.05, 0) is 30.5 Å². The summed E-state index contributed by atoms with van der Waals surface area (Å²) in [5.41, 5.74) is 10.00. The Morgan fingerprint density at radius 2 is 2.05 bits per heavy atom. The number of nitrogens with zero attached hydrogens (tertiary/aromatic N) is 2. The summed E-state index contributed by atoms with van der Waals surface area (Å²) in [6, 6.07) is 6.13. The van der Waals surface area contributed by atoms with Gasteiger partial charge in [-0.1, -0.05) is 35.8 Å². The minimum absolute atomic E-state index is 0.312. The molecule has 0 saturated carbocycles. The van der Waals surface area contributed by atoms with Crippen LogP contribution in [0.15, 0.2) is 22.7 Å². The van der Waals surface area contributed by atoms with Gasteiger partial charge in [0.05, 0.1) is 11.4 Å². The molecule has 1 aromatic heterocycles. The Morgan fingerprint density at radius 1 is 1.37 bits per heavy atom. The van der Waals surface area contributed by atoms with Crippen LogP contribution >= 0.6 is 15.9 Å². The molecule has 0 amide bonds. The van der Waals surface area contributed by atoms with Crippen molar-refractivity contribution < 1.29 is 0 Å². The summed E-state index contributed by atoms with van der Waals surface area (Å²) in [5, 5.41) is 7.79. The minimum atomic E-state index is 0.312. The summed E-state index contributed by atoms with van der Waals surface area (Å²) in [4.78, 5) is 0. The number of nitrogen functional groups attached to an aromatic ring is 1.